The first-order chi connectivity index (χ1) is 5.27. The van der Waals surface area contributed by atoms with Crippen molar-refractivity contribution in [1.29, 1.82) is 0 Å². The van der Waals surface area contributed by atoms with Crippen molar-refractivity contribution in [2.45, 2.75) is 6.92 Å². The standard InChI is InChI=1S/C7H5FN2S/c1-4-2-5(8)3-6-7(4)11-10-9-6/h2-3H,1H3. The van der Waals surface area contributed by atoms with E-state index in [0.717, 1.165) is 10.3 Å². The second kappa shape index (κ2) is 2.23. The lowest BCUT2D eigenvalue weighted by atomic mass is 10.2. The molecule has 4 heteroatoms. The average molecular weight is 168 g/mol. The highest BCUT2D eigenvalue weighted by molar-refractivity contribution is 7.13. The minimum atomic E-state index is -0.247. The van der Waals surface area contributed by atoms with Gasteiger partial charge in [-0.05, 0) is 30.1 Å². The van der Waals surface area contributed by atoms with Gasteiger partial charge in [0.1, 0.15) is 11.3 Å². The summed E-state index contributed by atoms with van der Waals surface area (Å²) in [5.74, 6) is -0.247. The Kier molecular flexibility index (Phi) is 1.35. The van der Waals surface area contributed by atoms with Crippen LogP contribution in [0.2, 0.25) is 0 Å². The van der Waals surface area contributed by atoms with Crippen LogP contribution in [0.15, 0.2) is 12.1 Å². The highest BCUT2D eigenvalue weighted by Crippen LogP contribution is 2.20. The van der Waals surface area contributed by atoms with Gasteiger partial charge in [0.05, 0.1) is 4.70 Å². The molecule has 0 spiro atoms. The first kappa shape index (κ1) is 6.67. The predicted molar refractivity (Wildman–Crippen MR) is 42.1 cm³/mol. The molecule has 1 aromatic heterocycles. The molecular weight excluding hydrogens is 163 g/mol. The third kappa shape index (κ3) is 0.991. The molecule has 0 aliphatic carbocycles. The van der Waals surface area contributed by atoms with Crippen LogP contribution >= 0.6 is 11.5 Å². The second-order valence-electron chi connectivity index (χ2n) is 2.34. The molecule has 0 N–H and O–H groups in total. The quantitative estimate of drug-likeness (QED) is 0.602. The smallest absolute Gasteiger partial charge is 0.125 e. The normalized spacial score (nSPS) is 10.7. The first-order valence-electron chi connectivity index (χ1n) is 3.15. The zero-order valence-corrected chi connectivity index (χ0v) is 6.65. The van der Waals surface area contributed by atoms with E-state index in [1.165, 1.54) is 23.7 Å². The van der Waals surface area contributed by atoms with E-state index in [1.807, 2.05) is 6.92 Å². The summed E-state index contributed by atoms with van der Waals surface area (Å²) < 4.78 is 17.4. The van der Waals surface area contributed by atoms with Gasteiger partial charge in [0.15, 0.2) is 0 Å². The lowest BCUT2D eigenvalue weighted by Crippen LogP contribution is -1.78. The number of halogens is 1. The molecule has 0 bridgehead atoms. The van der Waals surface area contributed by atoms with E-state index in [0.29, 0.717) is 5.52 Å². The fraction of sp³-hybridized carbons (Fsp3) is 0.143. The Morgan fingerprint density at radius 3 is 3.09 bits per heavy atom. The number of nitrogens with zero attached hydrogens (tertiary/aromatic N) is 2. The summed E-state index contributed by atoms with van der Waals surface area (Å²) in [6, 6.07) is 2.88. The van der Waals surface area contributed by atoms with Crippen molar-refractivity contribution in [2.24, 2.45) is 0 Å². The lowest BCUT2D eigenvalue weighted by molar-refractivity contribution is 0.628. The molecule has 2 nitrogen and oxygen atoms in total. The van der Waals surface area contributed by atoms with Gasteiger partial charge in [-0.3, -0.25) is 0 Å². The van der Waals surface area contributed by atoms with Crippen LogP contribution in [0.4, 0.5) is 4.39 Å². The third-order valence-electron chi connectivity index (χ3n) is 1.50. The monoisotopic (exact) mass is 168 g/mol. The molecule has 0 fully saturated rings. The molecule has 1 aromatic carbocycles. The average Bonchev–Trinajstić information content (AvgIpc) is 2.34. The van der Waals surface area contributed by atoms with Crippen LogP contribution in [-0.4, -0.2) is 9.59 Å². The van der Waals surface area contributed by atoms with E-state index >= 15 is 0 Å². The highest BCUT2D eigenvalue weighted by atomic mass is 32.1. The van der Waals surface area contributed by atoms with Gasteiger partial charge in [0, 0.05) is 6.07 Å². The van der Waals surface area contributed by atoms with E-state index in [1.54, 1.807) is 0 Å². The Labute approximate surface area is 66.8 Å². The molecule has 56 valence electrons. The molecule has 1 heterocycles. The number of benzene rings is 1. The third-order valence-corrected chi connectivity index (χ3v) is 2.38. The first-order valence-corrected chi connectivity index (χ1v) is 3.93. The maximum Gasteiger partial charge on any atom is 0.125 e. The molecule has 0 aliphatic rings. The maximum atomic E-state index is 12.7. The molecule has 0 unspecified atom stereocenters. The molecule has 0 radical (unpaired) electrons. The van der Waals surface area contributed by atoms with Gasteiger partial charge in [0.2, 0.25) is 0 Å². The van der Waals surface area contributed by atoms with Gasteiger partial charge >= 0.3 is 0 Å². The minimum absolute atomic E-state index is 0.247. The lowest BCUT2D eigenvalue weighted by Gasteiger charge is -1.91. The van der Waals surface area contributed by atoms with Crippen LogP contribution in [0.5, 0.6) is 0 Å². The molecule has 0 amide bonds. The van der Waals surface area contributed by atoms with Crippen LogP contribution in [0.1, 0.15) is 5.56 Å². The Morgan fingerprint density at radius 2 is 2.27 bits per heavy atom. The van der Waals surface area contributed by atoms with E-state index in [-0.39, 0.29) is 5.82 Å². The zero-order valence-electron chi connectivity index (χ0n) is 5.84. The van der Waals surface area contributed by atoms with Gasteiger partial charge in [-0.1, -0.05) is 4.49 Å². The number of rotatable bonds is 0. The number of hydrogen-bond donors (Lipinski definition) is 0. The van der Waals surface area contributed by atoms with Crippen molar-refractivity contribution in [3.8, 4) is 0 Å². The predicted octanol–water partition coefficient (Wildman–Crippen LogP) is 2.14. The summed E-state index contributed by atoms with van der Waals surface area (Å²) in [5.41, 5.74) is 1.54. The summed E-state index contributed by atoms with van der Waals surface area (Å²) in [7, 11) is 0. The number of aryl methyl sites for hydroxylation is 1. The van der Waals surface area contributed by atoms with Crippen molar-refractivity contribution in [3.63, 3.8) is 0 Å². The SMILES string of the molecule is Cc1cc(F)cc2nnsc12. The zero-order chi connectivity index (χ0) is 7.84. The Morgan fingerprint density at radius 1 is 1.45 bits per heavy atom. The fourth-order valence-electron chi connectivity index (χ4n) is 1.01. The summed E-state index contributed by atoms with van der Waals surface area (Å²) in [5, 5.41) is 3.77. The Bertz CT molecular complexity index is 396. The number of hydrogen-bond acceptors (Lipinski definition) is 3. The minimum Gasteiger partial charge on any atom is -0.207 e. The summed E-state index contributed by atoms with van der Waals surface area (Å²) >= 11 is 1.29. The van der Waals surface area contributed by atoms with Crippen LogP contribution in [0, 0.1) is 12.7 Å². The molecule has 2 rings (SSSR count). The molecule has 2 aromatic rings. The van der Waals surface area contributed by atoms with Crippen molar-refractivity contribution in [2.75, 3.05) is 0 Å². The fourth-order valence-corrected chi connectivity index (χ4v) is 1.62. The van der Waals surface area contributed by atoms with Gasteiger partial charge in [-0.2, -0.15) is 0 Å². The second-order valence-corrected chi connectivity index (χ2v) is 3.10. The van der Waals surface area contributed by atoms with Gasteiger partial charge < -0.3 is 0 Å². The van der Waals surface area contributed by atoms with E-state index in [4.69, 9.17) is 0 Å². The van der Waals surface area contributed by atoms with Crippen molar-refractivity contribution in [3.05, 3.63) is 23.5 Å². The molecule has 11 heavy (non-hydrogen) atoms. The highest BCUT2D eigenvalue weighted by Gasteiger charge is 2.03. The molecular formula is C7H5FN2S. The Hall–Kier alpha value is -1.03. The summed E-state index contributed by atoms with van der Waals surface area (Å²) in [6.45, 7) is 1.85. The number of fused-ring (bicyclic) bond motifs is 1. The van der Waals surface area contributed by atoms with Crippen molar-refractivity contribution >= 4 is 21.7 Å². The van der Waals surface area contributed by atoms with E-state index in [2.05, 4.69) is 9.59 Å². The van der Waals surface area contributed by atoms with Gasteiger partial charge in [-0.25, -0.2) is 4.39 Å². The number of aromatic nitrogens is 2. The van der Waals surface area contributed by atoms with Crippen LogP contribution < -0.4 is 0 Å². The van der Waals surface area contributed by atoms with Crippen LogP contribution in [-0.2, 0) is 0 Å². The van der Waals surface area contributed by atoms with Crippen LogP contribution in [0.3, 0.4) is 0 Å². The van der Waals surface area contributed by atoms with E-state index < -0.39 is 0 Å². The summed E-state index contributed by atoms with van der Waals surface area (Å²) in [4.78, 5) is 0. The van der Waals surface area contributed by atoms with Crippen LogP contribution in [0.25, 0.3) is 10.2 Å². The molecule has 0 saturated heterocycles. The van der Waals surface area contributed by atoms with Gasteiger partial charge in [-0.15, -0.1) is 5.10 Å². The topological polar surface area (TPSA) is 25.8 Å². The van der Waals surface area contributed by atoms with Crippen molar-refractivity contribution < 1.29 is 4.39 Å². The molecule has 0 atom stereocenters. The van der Waals surface area contributed by atoms with E-state index in [9.17, 15) is 4.39 Å². The molecule has 0 aliphatic heterocycles. The Balaban J connectivity index is 2.91. The maximum absolute atomic E-state index is 12.7. The summed E-state index contributed by atoms with van der Waals surface area (Å²) in [6.07, 6.45) is 0. The largest absolute Gasteiger partial charge is 0.207 e. The van der Waals surface area contributed by atoms with Crippen molar-refractivity contribution in [1.82, 2.24) is 9.59 Å². The van der Waals surface area contributed by atoms with Gasteiger partial charge in [0.25, 0.3) is 0 Å². The molecule has 0 saturated carbocycles.